The topological polar surface area (TPSA) is 73.8 Å². The molecule has 0 radical (unpaired) electrons. The van der Waals surface area contributed by atoms with Crippen LogP contribution < -0.4 is 10.6 Å². The number of aliphatic hydroxyl groups excluding tert-OH is 1. The lowest BCUT2D eigenvalue weighted by Gasteiger charge is -2.37. The Morgan fingerprint density at radius 3 is 2.50 bits per heavy atom. The second-order valence-electron chi connectivity index (χ2n) is 6.06. The summed E-state index contributed by atoms with van der Waals surface area (Å²) in [4.78, 5) is 14.5. The van der Waals surface area contributed by atoms with Crippen LogP contribution in [0.5, 0.6) is 0 Å². The Morgan fingerprint density at radius 2 is 2.00 bits per heavy atom. The zero-order valence-electron chi connectivity index (χ0n) is 13.3. The molecule has 0 aromatic heterocycles. The van der Waals surface area contributed by atoms with E-state index in [9.17, 15) is 9.90 Å². The van der Waals surface area contributed by atoms with Crippen LogP contribution in [0.15, 0.2) is 0 Å². The number of hydrogen-bond acceptors (Lipinski definition) is 5. The van der Waals surface area contributed by atoms with Crippen molar-refractivity contribution in [1.29, 1.82) is 0 Å². The van der Waals surface area contributed by atoms with Crippen LogP contribution in [-0.4, -0.2) is 73.5 Å². The van der Waals surface area contributed by atoms with Crippen LogP contribution in [0.25, 0.3) is 0 Å². The van der Waals surface area contributed by atoms with Crippen LogP contribution in [0.1, 0.15) is 20.3 Å². The van der Waals surface area contributed by atoms with E-state index in [1.54, 1.807) is 0 Å². The Bertz CT molecular complexity index is 328. The molecule has 1 amide bonds. The van der Waals surface area contributed by atoms with Crippen molar-refractivity contribution in [1.82, 2.24) is 15.5 Å². The molecule has 0 aromatic carbocycles. The maximum atomic E-state index is 12.1. The molecule has 132 valence electrons. The standard InChI is InChI=1S/C14H27N3O3.2ClH/c1-10(2)13(17-3-5-20-6-4-17)9-16-14(19)12-7-11(18)8-15-12;;/h10-13,15,18H,3-9H2,1-2H3,(H,16,19);2*1H. The number of β-amino-alcohol motifs (C(OH)–C–C–N with tert-alkyl or cyclic N) is 1. The Kier molecular flexibility index (Phi) is 10.6. The highest BCUT2D eigenvalue weighted by Gasteiger charge is 2.29. The number of carbonyl (C=O) groups is 1. The van der Waals surface area contributed by atoms with E-state index in [2.05, 4.69) is 29.4 Å². The number of amides is 1. The third-order valence-corrected chi connectivity index (χ3v) is 4.19. The van der Waals surface area contributed by atoms with E-state index in [-0.39, 0.29) is 36.8 Å². The molecule has 2 aliphatic rings. The first-order valence-electron chi connectivity index (χ1n) is 7.59. The van der Waals surface area contributed by atoms with Gasteiger partial charge in [0.15, 0.2) is 0 Å². The molecule has 0 aliphatic carbocycles. The summed E-state index contributed by atoms with van der Waals surface area (Å²) < 4.78 is 5.38. The van der Waals surface area contributed by atoms with Gasteiger partial charge in [-0.1, -0.05) is 13.8 Å². The van der Waals surface area contributed by atoms with Gasteiger partial charge >= 0.3 is 0 Å². The summed E-state index contributed by atoms with van der Waals surface area (Å²) in [5.41, 5.74) is 0. The largest absolute Gasteiger partial charge is 0.392 e. The number of ether oxygens (including phenoxy) is 1. The van der Waals surface area contributed by atoms with E-state index in [0.717, 1.165) is 26.3 Å². The maximum absolute atomic E-state index is 12.1. The van der Waals surface area contributed by atoms with Crippen molar-refractivity contribution in [2.24, 2.45) is 5.92 Å². The normalized spacial score (nSPS) is 26.9. The first-order valence-corrected chi connectivity index (χ1v) is 7.59. The molecule has 2 aliphatic heterocycles. The van der Waals surface area contributed by atoms with Gasteiger partial charge in [0, 0.05) is 32.2 Å². The third kappa shape index (κ3) is 6.18. The van der Waals surface area contributed by atoms with Gasteiger partial charge in [-0.15, -0.1) is 24.8 Å². The van der Waals surface area contributed by atoms with E-state index in [0.29, 0.717) is 31.5 Å². The first-order chi connectivity index (χ1) is 9.58. The fourth-order valence-electron chi connectivity index (χ4n) is 2.94. The summed E-state index contributed by atoms with van der Waals surface area (Å²) in [7, 11) is 0. The predicted octanol–water partition coefficient (Wildman–Crippen LogP) is 0.0258. The number of carbonyl (C=O) groups excluding carboxylic acids is 1. The summed E-state index contributed by atoms with van der Waals surface area (Å²) in [6.45, 7) is 8.94. The third-order valence-electron chi connectivity index (χ3n) is 4.19. The number of halogens is 2. The molecule has 0 saturated carbocycles. The van der Waals surface area contributed by atoms with Gasteiger partial charge in [-0.25, -0.2) is 0 Å². The highest BCUT2D eigenvalue weighted by atomic mass is 35.5. The number of morpholine rings is 1. The van der Waals surface area contributed by atoms with Crippen molar-refractivity contribution < 1.29 is 14.6 Å². The smallest absolute Gasteiger partial charge is 0.237 e. The summed E-state index contributed by atoms with van der Waals surface area (Å²) in [6.07, 6.45) is 0.112. The van der Waals surface area contributed by atoms with Gasteiger partial charge in [-0.05, 0) is 12.3 Å². The molecular weight excluding hydrogens is 329 g/mol. The van der Waals surface area contributed by atoms with Gasteiger partial charge in [0.05, 0.1) is 25.4 Å². The number of nitrogens with zero attached hydrogens (tertiary/aromatic N) is 1. The molecule has 6 nitrogen and oxygen atoms in total. The van der Waals surface area contributed by atoms with Gasteiger partial charge < -0.3 is 20.5 Å². The molecule has 22 heavy (non-hydrogen) atoms. The Morgan fingerprint density at radius 1 is 1.36 bits per heavy atom. The lowest BCUT2D eigenvalue weighted by Crippen LogP contribution is -2.52. The van der Waals surface area contributed by atoms with Crippen molar-refractivity contribution in [2.75, 3.05) is 39.4 Å². The molecule has 3 unspecified atom stereocenters. The molecule has 0 aromatic rings. The highest BCUT2D eigenvalue weighted by Crippen LogP contribution is 2.13. The molecule has 0 bridgehead atoms. The second kappa shape index (κ2) is 10.6. The molecule has 2 saturated heterocycles. The SMILES string of the molecule is CC(C)C(CNC(=O)C1CC(O)CN1)N1CCOCC1.Cl.Cl. The van der Waals surface area contributed by atoms with Gasteiger partial charge in [0.25, 0.3) is 0 Å². The van der Waals surface area contributed by atoms with Crippen LogP contribution in [0.4, 0.5) is 0 Å². The minimum Gasteiger partial charge on any atom is -0.392 e. The number of hydrogen-bond donors (Lipinski definition) is 3. The quantitative estimate of drug-likeness (QED) is 0.647. The van der Waals surface area contributed by atoms with Gasteiger partial charge in [-0.2, -0.15) is 0 Å². The van der Waals surface area contributed by atoms with Crippen molar-refractivity contribution in [3.8, 4) is 0 Å². The van der Waals surface area contributed by atoms with E-state index in [4.69, 9.17) is 4.74 Å². The molecule has 8 heteroatoms. The van der Waals surface area contributed by atoms with E-state index in [1.807, 2.05) is 0 Å². The lowest BCUT2D eigenvalue weighted by atomic mass is 10.0. The average molecular weight is 358 g/mol. The van der Waals surface area contributed by atoms with Crippen LogP contribution in [0.2, 0.25) is 0 Å². The second-order valence-corrected chi connectivity index (χ2v) is 6.06. The summed E-state index contributed by atoms with van der Waals surface area (Å²) in [5.74, 6) is 0.482. The van der Waals surface area contributed by atoms with Crippen molar-refractivity contribution in [3.05, 3.63) is 0 Å². The molecule has 3 N–H and O–H groups in total. The Hall–Kier alpha value is -0.110. The molecule has 0 spiro atoms. The fourth-order valence-corrected chi connectivity index (χ4v) is 2.94. The number of nitrogens with one attached hydrogen (secondary N) is 2. The van der Waals surface area contributed by atoms with Crippen LogP contribution in [0.3, 0.4) is 0 Å². The molecular formula is C14H29Cl2N3O3. The molecule has 2 heterocycles. The number of aliphatic hydroxyl groups is 1. The number of rotatable bonds is 5. The first kappa shape index (κ1) is 21.9. The molecule has 3 atom stereocenters. The highest BCUT2D eigenvalue weighted by molar-refractivity contribution is 5.85. The van der Waals surface area contributed by atoms with Crippen LogP contribution in [0, 0.1) is 5.92 Å². The zero-order valence-corrected chi connectivity index (χ0v) is 14.9. The average Bonchev–Trinajstić information content (AvgIpc) is 2.86. The minimum atomic E-state index is -0.397. The summed E-state index contributed by atoms with van der Waals surface area (Å²) >= 11 is 0. The van der Waals surface area contributed by atoms with E-state index >= 15 is 0 Å². The summed E-state index contributed by atoms with van der Waals surface area (Å²) in [5, 5.41) is 15.5. The predicted molar refractivity (Wildman–Crippen MR) is 90.9 cm³/mol. The lowest BCUT2D eigenvalue weighted by molar-refractivity contribution is -0.123. The summed E-state index contributed by atoms with van der Waals surface area (Å²) in [6, 6.07) is 0.0941. The van der Waals surface area contributed by atoms with Crippen molar-refractivity contribution in [3.63, 3.8) is 0 Å². The maximum Gasteiger partial charge on any atom is 0.237 e. The van der Waals surface area contributed by atoms with Gasteiger partial charge in [-0.3, -0.25) is 9.69 Å². The molecule has 2 rings (SSSR count). The van der Waals surface area contributed by atoms with Gasteiger partial charge in [0.2, 0.25) is 5.91 Å². The fraction of sp³-hybridized carbons (Fsp3) is 0.929. The zero-order chi connectivity index (χ0) is 14.5. The Balaban J connectivity index is 0.00000220. The van der Waals surface area contributed by atoms with E-state index in [1.165, 1.54) is 0 Å². The monoisotopic (exact) mass is 357 g/mol. The van der Waals surface area contributed by atoms with Crippen LogP contribution in [-0.2, 0) is 9.53 Å². The van der Waals surface area contributed by atoms with Crippen molar-refractivity contribution >= 4 is 30.7 Å². The minimum absolute atomic E-state index is 0. The Labute approximate surface area is 145 Å². The van der Waals surface area contributed by atoms with Crippen LogP contribution >= 0.6 is 24.8 Å². The van der Waals surface area contributed by atoms with Crippen molar-refractivity contribution in [2.45, 2.75) is 38.5 Å². The molecule has 2 fully saturated rings. The van der Waals surface area contributed by atoms with Gasteiger partial charge in [0.1, 0.15) is 0 Å². The van der Waals surface area contributed by atoms with E-state index < -0.39 is 6.10 Å².